The van der Waals surface area contributed by atoms with Gasteiger partial charge in [0.25, 0.3) is 0 Å². The Hall–Kier alpha value is -1.78. The molecule has 0 fully saturated rings. The number of nitrogens with zero attached hydrogens (tertiary/aromatic N) is 1. The molecule has 1 aromatic rings. The Bertz CT molecular complexity index is 401. The molecule has 0 spiro atoms. The van der Waals surface area contributed by atoms with Crippen LogP contribution in [0.2, 0.25) is 0 Å². The molecule has 1 heterocycles. The third-order valence-electron chi connectivity index (χ3n) is 2.31. The van der Waals surface area contributed by atoms with Crippen LogP contribution in [0.15, 0.2) is 6.20 Å². The molecule has 0 atom stereocenters. The van der Waals surface area contributed by atoms with Gasteiger partial charge in [0, 0.05) is 6.92 Å². The highest BCUT2D eigenvalue weighted by atomic mass is 16.5. The van der Waals surface area contributed by atoms with Crippen LogP contribution in [-0.4, -0.2) is 20.2 Å². The number of carbonyl (C=O) groups is 1. The Morgan fingerprint density at radius 3 is 2.47 bits per heavy atom. The van der Waals surface area contributed by atoms with Gasteiger partial charge < -0.3 is 14.7 Å². The van der Waals surface area contributed by atoms with Crippen molar-refractivity contribution in [2.75, 3.05) is 14.2 Å². The first-order chi connectivity index (χ1) is 7.02. The number of aromatic nitrogens is 1. The number of hydrogen-bond donors (Lipinski definition) is 0. The number of rotatable bonds is 2. The summed E-state index contributed by atoms with van der Waals surface area (Å²) >= 11 is 0. The van der Waals surface area contributed by atoms with Crippen LogP contribution in [0.1, 0.15) is 21.6 Å². The maximum atomic E-state index is 11.4. The monoisotopic (exact) mass is 211 g/mol. The minimum Gasteiger partial charge on any atom is -0.618 e. The van der Waals surface area contributed by atoms with Gasteiger partial charge in [0.2, 0.25) is 0 Å². The highest BCUT2D eigenvalue weighted by Crippen LogP contribution is 2.23. The summed E-state index contributed by atoms with van der Waals surface area (Å²) in [6, 6.07) is 0. The van der Waals surface area contributed by atoms with E-state index in [0.29, 0.717) is 21.7 Å². The quantitative estimate of drug-likeness (QED) is 0.411. The summed E-state index contributed by atoms with van der Waals surface area (Å²) in [6.07, 6.45) is 1.16. The van der Waals surface area contributed by atoms with Gasteiger partial charge in [-0.3, -0.25) is 0 Å². The van der Waals surface area contributed by atoms with Crippen LogP contribution in [0.4, 0.5) is 0 Å². The van der Waals surface area contributed by atoms with Crippen molar-refractivity contribution in [2.24, 2.45) is 0 Å². The number of methoxy groups -OCH3 is 2. The lowest BCUT2D eigenvalue weighted by atomic mass is 10.1. The van der Waals surface area contributed by atoms with Gasteiger partial charge in [-0.1, -0.05) is 0 Å². The van der Waals surface area contributed by atoms with E-state index in [9.17, 15) is 10.0 Å². The van der Waals surface area contributed by atoms with Crippen LogP contribution >= 0.6 is 0 Å². The standard InChI is InChI=1S/C10H13NO4/c1-6-7(2)11(13)5-8(9(6)14-3)10(12)15-4/h5H,1-4H3. The first kappa shape index (κ1) is 11.3. The van der Waals surface area contributed by atoms with Gasteiger partial charge in [0.1, 0.15) is 5.75 Å². The van der Waals surface area contributed by atoms with Crippen molar-refractivity contribution in [1.82, 2.24) is 0 Å². The maximum absolute atomic E-state index is 11.4. The molecule has 15 heavy (non-hydrogen) atoms. The predicted octanol–water partition coefficient (Wildman–Crippen LogP) is 0.732. The molecule has 0 aliphatic heterocycles. The molecule has 0 radical (unpaired) electrons. The normalized spacial score (nSPS) is 9.87. The number of pyridine rings is 1. The van der Waals surface area contributed by atoms with Crippen LogP contribution in [-0.2, 0) is 4.74 Å². The number of ether oxygens (including phenoxy) is 2. The van der Waals surface area contributed by atoms with E-state index in [1.165, 1.54) is 14.2 Å². The largest absolute Gasteiger partial charge is 0.618 e. The lowest BCUT2D eigenvalue weighted by Gasteiger charge is -2.11. The summed E-state index contributed by atoms with van der Waals surface area (Å²) in [5.74, 6) is -0.203. The van der Waals surface area contributed by atoms with Gasteiger partial charge >= 0.3 is 5.97 Å². The molecule has 0 unspecified atom stereocenters. The Morgan fingerprint density at radius 1 is 1.40 bits per heavy atom. The molecule has 0 saturated carbocycles. The highest BCUT2D eigenvalue weighted by Gasteiger charge is 2.22. The molecule has 0 aliphatic rings. The van der Waals surface area contributed by atoms with Crippen molar-refractivity contribution < 1.29 is 19.0 Å². The van der Waals surface area contributed by atoms with E-state index in [1.807, 2.05) is 0 Å². The molecular formula is C10H13NO4. The molecule has 0 aromatic carbocycles. The summed E-state index contributed by atoms with van der Waals surface area (Å²) in [6.45, 7) is 3.38. The average Bonchev–Trinajstić information content (AvgIpc) is 2.24. The van der Waals surface area contributed by atoms with Crippen molar-refractivity contribution in [3.8, 4) is 5.75 Å². The van der Waals surface area contributed by atoms with E-state index in [2.05, 4.69) is 4.74 Å². The third-order valence-corrected chi connectivity index (χ3v) is 2.31. The molecule has 0 bridgehead atoms. The molecule has 82 valence electrons. The summed E-state index contributed by atoms with van der Waals surface area (Å²) in [5, 5.41) is 11.4. The predicted molar refractivity (Wildman–Crippen MR) is 52.8 cm³/mol. The number of carbonyl (C=O) groups excluding carboxylic acids is 1. The fourth-order valence-corrected chi connectivity index (χ4v) is 1.32. The molecule has 5 heteroatoms. The minimum atomic E-state index is -0.584. The van der Waals surface area contributed by atoms with Gasteiger partial charge in [0.05, 0.1) is 19.8 Å². The van der Waals surface area contributed by atoms with Crippen molar-refractivity contribution in [3.05, 3.63) is 28.2 Å². The zero-order valence-electron chi connectivity index (χ0n) is 9.16. The lowest BCUT2D eigenvalue weighted by molar-refractivity contribution is -0.612. The third kappa shape index (κ3) is 1.86. The summed E-state index contributed by atoms with van der Waals surface area (Å²) in [4.78, 5) is 11.4. The molecular weight excluding hydrogens is 198 g/mol. The average molecular weight is 211 g/mol. The summed E-state index contributed by atoms with van der Waals surface area (Å²) in [5.41, 5.74) is 1.27. The Balaban J connectivity index is 3.45. The van der Waals surface area contributed by atoms with Gasteiger partial charge in [-0.05, 0) is 6.92 Å². The van der Waals surface area contributed by atoms with E-state index in [0.717, 1.165) is 6.20 Å². The van der Waals surface area contributed by atoms with Gasteiger partial charge in [-0.25, -0.2) is 4.79 Å². The highest BCUT2D eigenvalue weighted by molar-refractivity contribution is 5.92. The van der Waals surface area contributed by atoms with E-state index in [1.54, 1.807) is 13.8 Å². The second kappa shape index (κ2) is 4.16. The van der Waals surface area contributed by atoms with Gasteiger partial charge in [0.15, 0.2) is 17.5 Å². The molecule has 1 aromatic heterocycles. The smallest absolute Gasteiger partial charge is 0.347 e. The minimum absolute atomic E-state index is 0.137. The molecule has 0 amide bonds. The van der Waals surface area contributed by atoms with Crippen LogP contribution < -0.4 is 9.47 Å². The fraction of sp³-hybridized carbons (Fsp3) is 0.400. The fourth-order valence-electron chi connectivity index (χ4n) is 1.32. The van der Waals surface area contributed by atoms with E-state index >= 15 is 0 Å². The van der Waals surface area contributed by atoms with E-state index in [-0.39, 0.29) is 5.56 Å². The first-order valence-electron chi connectivity index (χ1n) is 4.38. The van der Waals surface area contributed by atoms with Crippen LogP contribution in [0, 0.1) is 19.1 Å². The van der Waals surface area contributed by atoms with Crippen molar-refractivity contribution in [2.45, 2.75) is 13.8 Å². The second-order valence-electron chi connectivity index (χ2n) is 3.10. The van der Waals surface area contributed by atoms with E-state index < -0.39 is 5.97 Å². The zero-order valence-corrected chi connectivity index (χ0v) is 9.16. The number of esters is 1. The van der Waals surface area contributed by atoms with Crippen LogP contribution in [0.25, 0.3) is 0 Å². The molecule has 0 N–H and O–H groups in total. The van der Waals surface area contributed by atoms with Gasteiger partial charge in [-0.15, -0.1) is 0 Å². The number of hydrogen-bond acceptors (Lipinski definition) is 4. The SMILES string of the molecule is COC(=O)c1c[n+]([O-])c(C)c(C)c1OC. The van der Waals surface area contributed by atoms with Crippen molar-refractivity contribution in [1.29, 1.82) is 0 Å². The zero-order chi connectivity index (χ0) is 11.6. The van der Waals surface area contributed by atoms with E-state index in [4.69, 9.17) is 4.74 Å². The Labute approximate surface area is 87.8 Å². The lowest BCUT2D eigenvalue weighted by Crippen LogP contribution is -2.32. The summed E-state index contributed by atoms with van der Waals surface area (Å²) in [7, 11) is 2.70. The van der Waals surface area contributed by atoms with Crippen LogP contribution in [0.5, 0.6) is 5.75 Å². The molecule has 0 aliphatic carbocycles. The van der Waals surface area contributed by atoms with Gasteiger partial charge in [-0.2, -0.15) is 4.73 Å². The maximum Gasteiger partial charge on any atom is 0.347 e. The van der Waals surface area contributed by atoms with Crippen molar-refractivity contribution >= 4 is 5.97 Å². The molecule has 0 saturated heterocycles. The molecule has 1 rings (SSSR count). The van der Waals surface area contributed by atoms with Crippen molar-refractivity contribution in [3.63, 3.8) is 0 Å². The Morgan fingerprint density at radius 2 is 2.00 bits per heavy atom. The first-order valence-corrected chi connectivity index (χ1v) is 4.38. The Kier molecular flexibility index (Phi) is 3.14. The summed E-state index contributed by atoms with van der Waals surface area (Å²) < 4.78 is 10.3. The van der Waals surface area contributed by atoms with Crippen LogP contribution in [0.3, 0.4) is 0 Å². The molecule has 5 nitrogen and oxygen atoms in total. The topological polar surface area (TPSA) is 62.5 Å². The second-order valence-corrected chi connectivity index (χ2v) is 3.10.